The van der Waals surface area contributed by atoms with Crippen molar-refractivity contribution >= 4 is 11.9 Å². The van der Waals surface area contributed by atoms with E-state index in [1.807, 2.05) is 0 Å². The number of anilines is 1. The van der Waals surface area contributed by atoms with E-state index in [0.717, 1.165) is 36.5 Å². The first-order valence-electron chi connectivity index (χ1n) is 15.7. The van der Waals surface area contributed by atoms with Crippen LogP contribution in [0, 0.1) is 18.8 Å². The molecule has 8 nitrogen and oxygen atoms in total. The standard InChI is InChI=1S/C32H37F9N6O2/c1-19-10-23(4-3-9-42-16-21-7-5-20(6-8-21)13-28(48)49)24(14-27(19)32(39,40)41)18-47(29-43-45-46(2)44-29)17-22-11-25(30(33,34)35)15-26(12-22)31(36,37)38/h10-12,14-15,20-21,42H,3-9,13,16-18H2,1-2H3,(H,48,49). The average Bonchev–Trinajstić information content (AvgIpc) is 3.42. The summed E-state index contributed by atoms with van der Waals surface area (Å²) in [6, 6.07) is 3.46. The Hall–Kier alpha value is -3.89. The van der Waals surface area contributed by atoms with Crippen LogP contribution in [0.15, 0.2) is 30.3 Å². The van der Waals surface area contributed by atoms with E-state index in [1.165, 1.54) is 24.9 Å². The summed E-state index contributed by atoms with van der Waals surface area (Å²) in [6.45, 7) is 1.60. The van der Waals surface area contributed by atoms with E-state index >= 15 is 0 Å². The van der Waals surface area contributed by atoms with Gasteiger partial charge in [-0.3, -0.25) is 4.79 Å². The molecule has 2 N–H and O–H groups in total. The Labute approximate surface area is 276 Å². The van der Waals surface area contributed by atoms with Crippen LogP contribution in [0.2, 0.25) is 0 Å². The van der Waals surface area contributed by atoms with E-state index < -0.39 is 53.3 Å². The predicted molar refractivity (Wildman–Crippen MR) is 160 cm³/mol. The zero-order valence-corrected chi connectivity index (χ0v) is 26.8. The lowest BCUT2D eigenvalue weighted by Gasteiger charge is -2.27. The third-order valence-corrected chi connectivity index (χ3v) is 8.68. The Kier molecular flexibility index (Phi) is 11.9. The number of hydrogen-bond acceptors (Lipinski definition) is 6. The predicted octanol–water partition coefficient (Wildman–Crippen LogP) is 7.59. The number of nitrogens with zero attached hydrogens (tertiary/aromatic N) is 5. The number of tetrazole rings is 1. The summed E-state index contributed by atoms with van der Waals surface area (Å²) < 4.78 is 123. The highest BCUT2D eigenvalue weighted by atomic mass is 19.4. The van der Waals surface area contributed by atoms with Crippen molar-refractivity contribution in [2.24, 2.45) is 18.9 Å². The largest absolute Gasteiger partial charge is 0.481 e. The van der Waals surface area contributed by atoms with Crippen LogP contribution < -0.4 is 10.2 Å². The van der Waals surface area contributed by atoms with Gasteiger partial charge in [0, 0.05) is 19.5 Å². The van der Waals surface area contributed by atoms with Crippen LogP contribution in [0.1, 0.15) is 77.5 Å². The lowest BCUT2D eigenvalue weighted by molar-refractivity contribution is -0.143. The molecule has 4 rings (SSSR count). The van der Waals surface area contributed by atoms with E-state index in [4.69, 9.17) is 5.11 Å². The Morgan fingerprint density at radius 3 is 2.02 bits per heavy atom. The van der Waals surface area contributed by atoms with Crippen molar-refractivity contribution in [3.8, 4) is 0 Å². The average molecular weight is 709 g/mol. The maximum Gasteiger partial charge on any atom is 0.416 e. The molecule has 1 aromatic heterocycles. The molecule has 49 heavy (non-hydrogen) atoms. The molecule has 0 bridgehead atoms. The minimum Gasteiger partial charge on any atom is -0.481 e. The van der Waals surface area contributed by atoms with Crippen molar-refractivity contribution in [1.82, 2.24) is 25.5 Å². The van der Waals surface area contributed by atoms with Gasteiger partial charge in [0.15, 0.2) is 0 Å². The second-order valence-corrected chi connectivity index (χ2v) is 12.6. The zero-order chi connectivity index (χ0) is 36.1. The molecule has 1 aliphatic carbocycles. The molecule has 0 atom stereocenters. The molecule has 0 unspecified atom stereocenters. The highest BCUT2D eigenvalue weighted by Gasteiger charge is 2.37. The molecule has 1 heterocycles. The number of hydrogen-bond donors (Lipinski definition) is 2. The van der Waals surface area contributed by atoms with Gasteiger partial charge in [-0.15, -0.1) is 5.10 Å². The number of benzene rings is 2. The van der Waals surface area contributed by atoms with E-state index in [-0.39, 0.29) is 42.0 Å². The Morgan fingerprint density at radius 2 is 1.49 bits per heavy atom. The van der Waals surface area contributed by atoms with E-state index in [1.54, 1.807) is 0 Å². The molecule has 0 radical (unpaired) electrons. The maximum absolute atomic E-state index is 14.0. The molecule has 1 aliphatic rings. The summed E-state index contributed by atoms with van der Waals surface area (Å²) in [5, 5.41) is 23.9. The number of halogens is 9. The summed E-state index contributed by atoms with van der Waals surface area (Å²) in [4.78, 5) is 13.2. The molecule has 0 aliphatic heterocycles. The molecule has 3 aromatic rings. The van der Waals surface area contributed by atoms with Crippen molar-refractivity contribution in [3.63, 3.8) is 0 Å². The lowest BCUT2D eigenvalue weighted by atomic mass is 9.80. The monoisotopic (exact) mass is 708 g/mol. The molecule has 1 saturated carbocycles. The number of rotatable bonds is 13. The molecule has 0 spiro atoms. The molecule has 17 heteroatoms. The van der Waals surface area contributed by atoms with Gasteiger partial charge in [-0.1, -0.05) is 11.2 Å². The first-order chi connectivity index (χ1) is 22.8. The summed E-state index contributed by atoms with van der Waals surface area (Å²) in [7, 11) is 1.38. The van der Waals surface area contributed by atoms with Crippen LogP contribution in [0.4, 0.5) is 45.5 Å². The van der Waals surface area contributed by atoms with Gasteiger partial charge in [0.05, 0.1) is 23.7 Å². The van der Waals surface area contributed by atoms with E-state index in [9.17, 15) is 44.3 Å². The van der Waals surface area contributed by atoms with Crippen molar-refractivity contribution in [1.29, 1.82) is 0 Å². The molecule has 0 amide bonds. The molecule has 1 fully saturated rings. The Bertz CT molecular complexity index is 1550. The summed E-state index contributed by atoms with van der Waals surface area (Å²) >= 11 is 0. The van der Waals surface area contributed by atoms with Crippen LogP contribution in [-0.2, 0) is 49.9 Å². The third kappa shape index (κ3) is 10.8. The highest BCUT2D eigenvalue weighted by Crippen LogP contribution is 2.38. The molecule has 2 aromatic carbocycles. The van der Waals surface area contributed by atoms with Gasteiger partial charge in [0.25, 0.3) is 5.95 Å². The molecular weight excluding hydrogens is 671 g/mol. The van der Waals surface area contributed by atoms with Crippen molar-refractivity contribution in [2.75, 3.05) is 18.0 Å². The van der Waals surface area contributed by atoms with Gasteiger partial charge in [-0.25, -0.2) is 0 Å². The van der Waals surface area contributed by atoms with E-state index in [0.29, 0.717) is 49.5 Å². The number of alkyl halides is 9. The second kappa shape index (κ2) is 15.3. The van der Waals surface area contributed by atoms with Gasteiger partial charge < -0.3 is 15.3 Å². The minimum atomic E-state index is -5.09. The number of aromatic nitrogens is 4. The smallest absolute Gasteiger partial charge is 0.416 e. The number of nitrogens with one attached hydrogen (secondary N) is 1. The van der Waals surface area contributed by atoms with Crippen molar-refractivity contribution in [2.45, 2.75) is 83.5 Å². The van der Waals surface area contributed by atoms with Crippen LogP contribution >= 0.6 is 0 Å². The van der Waals surface area contributed by atoms with Gasteiger partial charge in [0.1, 0.15) is 0 Å². The topological polar surface area (TPSA) is 96.2 Å². The fraction of sp³-hybridized carbons (Fsp3) is 0.562. The SMILES string of the molecule is Cc1cc(CCCNCC2CCC(CC(=O)O)CC2)c(CN(Cc2cc(C(F)(F)F)cc(C(F)(F)F)c2)c2nnn(C)n2)cc1C(F)(F)F. The highest BCUT2D eigenvalue weighted by molar-refractivity contribution is 5.67. The first kappa shape index (κ1) is 37.9. The minimum absolute atomic E-state index is 0.000582. The van der Waals surface area contributed by atoms with Crippen LogP contribution in [0.25, 0.3) is 0 Å². The molecule has 270 valence electrons. The van der Waals surface area contributed by atoms with E-state index in [2.05, 4.69) is 20.7 Å². The molecular formula is C32H37F9N6O2. The van der Waals surface area contributed by atoms with Crippen molar-refractivity contribution < 1.29 is 49.4 Å². The summed E-state index contributed by atoms with van der Waals surface area (Å²) in [5.74, 6) is -0.447. The first-order valence-corrected chi connectivity index (χ1v) is 15.7. The third-order valence-electron chi connectivity index (χ3n) is 8.68. The Morgan fingerprint density at radius 1 is 0.878 bits per heavy atom. The van der Waals surface area contributed by atoms with Gasteiger partial charge in [-0.2, -0.15) is 44.3 Å². The van der Waals surface area contributed by atoms with Gasteiger partial charge >= 0.3 is 24.5 Å². The number of carboxylic acid groups (broad SMARTS) is 1. The van der Waals surface area contributed by atoms with Crippen LogP contribution in [0.3, 0.4) is 0 Å². The van der Waals surface area contributed by atoms with Gasteiger partial charge in [0.2, 0.25) is 0 Å². The van der Waals surface area contributed by atoms with Crippen LogP contribution in [-0.4, -0.2) is 44.4 Å². The quantitative estimate of drug-likeness (QED) is 0.140. The van der Waals surface area contributed by atoms with Gasteiger partial charge in [-0.05, 0) is 122 Å². The Balaban J connectivity index is 1.56. The number of aliphatic carboxylic acids is 1. The zero-order valence-electron chi connectivity index (χ0n) is 26.8. The number of aryl methyl sites for hydroxylation is 3. The van der Waals surface area contributed by atoms with Crippen LogP contribution in [0.5, 0.6) is 0 Å². The lowest BCUT2D eigenvalue weighted by Crippen LogP contribution is -2.28. The van der Waals surface area contributed by atoms with Crippen molar-refractivity contribution in [3.05, 3.63) is 69.3 Å². The summed E-state index contributed by atoms with van der Waals surface area (Å²) in [5.41, 5.74) is -3.73. The maximum atomic E-state index is 14.0. The second-order valence-electron chi connectivity index (χ2n) is 12.6. The number of carboxylic acids is 1. The fourth-order valence-corrected chi connectivity index (χ4v) is 6.23. The summed E-state index contributed by atoms with van der Waals surface area (Å²) in [6.07, 6.45) is -10.4. The normalized spacial score (nSPS) is 17.4. The fourth-order valence-electron chi connectivity index (χ4n) is 6.23. The number of carbonyl (C=O) groups is 1. The molecule has 0 saturated heterocycles.